The van der Waals surface area contributed by atoms with E-state index in [1.165, 1.54) is 19.4 Å². The van der Waals surface area contributed by atoms with E-state index in [1.807, 2.05) is 4.90 Å². The molecule has 1 aliphatic carbocycles. The molecule has 1 heterocycles. The van der Waals surface area contributed by atoms with Crippen LogP contribution in [0.4, 0.5) is 5.69 Å². The Balaban J connectivity index is 1.59. The highest BCUT2D eigenvalue weighted by Gasteiger charge is 2.31. The van der Waals surface area contributed by atoms with Gasteiger partial charge in [-0.25, -0.2) is 0 Å². The molecule has 1 unspecified atom stereocenters. The number of carbonyl (C=O) groups excluding carboxylic acids is 1. The predicted octanol–water partition coefficient (Wildman–Crippen LogP) is 1.45. The van der Waals surface area contributed by atoms with Crippen molar-refractivity contribution < 1.29 is 13.6 Å². The molecule has 1 saturated heterocycles. The van der Waals surface area contributed by atoms with Gasteiger partial charge in [0.2, 0.25) is 0 Å². The molecule has 1 N–H and O–H groups in total. The number of nitrogens with zero attached hydrogens (tertiary/aromatic N) is 2. The van der Waals surface area contributed by atoms with Crippen LogP contribution in [-0.2, 0) is 11.3 Å². The van der Waals surface area contributed by atoms with Crippen molar-refractivity contribution in [3.63, 3.8) is 0 Å². The zero-order valence-corrected chi connectivity index (χ0v) is 14.1. The molecule has 1 aromatic carbocycles. The van der Waals surface area contributed by atoms with Gasteiger partial charge < -0.3 is 14.2 Å². The van der Waals surface area contributed by atoms with Crippen LogP contribution in [0.2, 0.25) is 0 Å². The molecule has 0 spiro atoms. The van der Waals surface area contributed by atoms with Crippen LogP contribution in [0.3, 0.4) is 0 Å². The molecule has 2 aliphatic rings. The molecule has 1 aliphatic heterocycles. The second-order valence-corrected chi connectivity index (χ2v) is 7.14. The van der Waals surface area contributed by atoms with Crippen LogP contribution in [0.15, 0.2) is 24.3 Å². The van der Waals surface area contributed by atoms with Crippen LogP contribution in [0.5, 0.6) is 0 Å². The number of carbonyl (C=O) groups is 1. The number of nitrogens with one attached hydrogen (secondary N) is 1. The molecule has 23 heavy (non-hydrogen) atoms. The minimum Gasteiger partial charge on any atom is -0.755 e. The van der Waals surface area contributed by atoms with Crippen LogP contribution in [0.1, 0.15) is 30.1 Å². The summed E-state index contributed by atoms with van der Waals surface area (Å²) in [6, 6.07) is 6.75. The quantitative estimate of drug-likeness (QED) is 0.826. The van der Waals surface area contributed by atoms with Crippen molar-refractivity contribution in [1.29, 1.82) is 0 Å². The van der Waals surface area contributed by atoms with Crippen molar-refractivity contribution >= 4 is 22.9 Å². The normalized spacial score (nSPS) is 23.6. The number of benzene rings is 1. The van der Waals surface area contributed by atoms with Crippen molar-refractivity contribution in [3.8, 4) is 0 Å². The summed E-state index contributed by atoms with van der Waals surface area (Å²) >= 11 is -2.35. The van der Waals surface area contributed by atoms with E-state index < -0.39 is 11.3 Å². The molecule has 126 valence electrons. The van der Waals surface area contributed by atoms with Crippen molar-refractivity contribution in [2.75, 3.05) is 30.9 Å². The summed E-state index contributed by atoms with van der Waals surface area (Å²) in [5, 5.41) is 0. The van der Waals surface area contributed by atoms with E-state index in [0.29, 0.717) is 11.3 Å². The van der Waals surface area contributed by atoms with E-state index in [9.17, 15) is 13.6 Å². The molecule has 0 radical (unpaired) electrons. The Labute approximate surface area is 139 Å². The number of rotatable bonds is 5. The molecule has 2 fully saturated rings. The Morgan fingerprint density at radius 3 is 2.57 bits per heavy atom. The van der Waals surface area contributed by atoms with Crippen molar-refractivity contribution in [3.05, 3.63) is 29.8 Å². The highest BCUT2D eigenvalue weighted by molar-refractivity contribution is 7.80. The molecule has 3 rings (SSSR count). The van der Waals surface area contributed by atoms with Gasteiger partial charge >= 0.3 is 0 Å². The summed E-state index contributed by atoms with van der Waals surface area (Å²) in [5.41, 5.74) is 1.05. The minimum atomic E-state index is -2.35. The maximum Gasteiger partial charge on any atom is 0.254 e. The van der Waals surface area contributed by atoms with Gasteiger partial charge in [-0.1, -0.05) is 0 Å². The molecular formula is C16H22N3O3S-. The van der Waals surface area contributed by atoms with Crippen LogP contribution >= 0.6 is 0 Å². The van der Waals surface area contributed by atoms with Crippen molar-refractivity contribution in [1.82, 2.24) is 9.80 Å². The molecule has 1 aromatic rings. The fraction of sp³-hybridized carbons (Fsp3) is 0.562. The van der Waals surface area contributed by atoms with E-state index in [0.717, 1.165) is 25.6 Å². The standard InChI is InChI=1S/C16H23N3O3S/c1-12-10-18(11-13-2-3-13)8-9-19(12)16(20)14-4-6-15(7-5-14)17-23(21)22/h4-7,12-13,17H,2-3,8-11H2,1H3,(H,21,22)/p-1/t12-/m1/s1. The monoisotopic (exact) mass is 336 g/mol. The van der Waals surface area contributed by atoms with Crippen LogP contribution in [0.25, 0.3) is 0 Å². The third-order valence-corrected chi connectivity index (χ3v) is 4.92. The van der Waals surface area contributed by atoms with E-state index >= 15 is 0 Å². The SMILES string of the molecule is C[C@@H]1CN(CC2CC2)CCN1C(=O)c1ccc(NS(=O)[O-])cc1. The largest absolute Gasteiger partial charge is 0.755 e. The van der Waals surface area contributed by atoms with Gasteiger partial charge in [-0.05, 0) is 49.9 Å². The Morgan fingerprint density at radius 1 is 1.30 bits per heavy atom. The minimum absolute atomic E-state index is 0.0124. The Bertz CT molecular complexity index is 589. The summed E-state index contributed by atoms with van der Waals surface area (Å²) in [7, 11) is 0. The number of hydrogen-bond acceptors (Lipinski definition) is 4. The second-order valence-electron chi connectivity index (χ2n) is 6.46. The van der Waals surface area contributed by atoms with Gasteiger partial charge in [-0.3, -0.25) is 13.9 Å². The number of hydrogen-bond donors (Lipinski definition) is 1. The first-order valence-electron chi connectivity index (χ1n) is 8.02. The van der Waals surface area contributed by atoms with Gasteiger partial charge in [-0.15, -0.1) is 0 Å². The van der Waals surface area contributed by atoms with Gasteiger partial charge in [-0.2, -0.15) is 0 Å². The molecule has 0 bridgehead atoms. The van der Waals surface area contributed by atoms with Crippen LogP contribution < -0.4 is 4.72 Å². The number of piperazine rings is 1. The van der Waals surface area contributed by atoms with E-state index in [4.69, 9.17) is 0 Å². The summed E-state index contributed by atoms with van der Waals surface area (Å²) in [5.74, 6) is 0.884. The maximum atomic E-state index is 12.7. The first-order valence-corrected chi connectivity index (χ1v) is 9.09. The van der Waals surface area contributed by atoms with E-state index in [-0.39, 0.29) is 11.9 Å². The average Bonchev–Trinajstić information content (AvgIpc) is 3.31. The highest BCUT2D eigenvalue weighted by atomic mass is 32.2. The predicted molar refractivity (Wildman–Crippen MR) is 88.6 cm³/mol. The summed E-state index contributed by atoms with van der Waals surface area (Å²) in [6.45, 7) is 5.86. The van der Waals surface area contributed by atoms with Gasteiger partial charge in [0.15, 0.2) is 0 Å². The highest BCUT2D eigenvalue weighted by Crippen LogP contribution is 2.30. The number of amides is 1. The third kappa shape index (κ3) is 4.31. The van der Waals surface area contributed by atoms with Gasteiger partial charge in [0, 0.05) is 54.7 Å². The molecular weight excluding hydrogens is 314 g/mol. The number of anilines is 1. The lowest BCUT2D eigenvalue weighted by molar-refractivity contribution is 0.0482. The zero-order valence-electron chi connectivity index (χ0n) is 13.2. The van der Waals surface area contributed by atoms with Gasteiger partial charge in [0.25, 0.3) is 5.91 Å². The first-order chi connectivity index (χ1) is 11.0. The molecule has 0 aromatic heterocycles. The lowest BCUT2D eigenvalue weighted by Gasteiger charge is -2.40. The lowest BCUT2D eigenvalue weighted by atomic mass is 10.1. The zero-order chi connectivity index (χ0) is 16.4. The Hall–Kier alpha value is -1.44. The van der Waals surface area contributed by atoms with Crippen molar-refractivity contribution in [2.45, 2.75) is 25.8 Å². The molecule has 1 amide bonds. The Kier molecular flexibility index (Phi) is 4.99. The molecule has 7 heteroatoms. The fourth-order valence-electron chi connectivity index (χ4n) is 3.11. The van der Waals surface area contributed by atoms with Crippen LogP contribution in [-0.4, -0.2) is 56.7 Å². The second kappa shape index (κ2) is 6.98. The summed E-state index contributed by atoms with van der Waals surface area (Å²) < 4.78 is 23.5. The topological polar surface area (TPSA) is 75.7 Å². The van der Waals surface area contributed by atoms with Gasteiger partial charge in [0.05, 0.1) is 0 Å². The van der Waals surface area contributed by atoms with Crippen LogP contribution in [0, 0.1) is 5.92 Å². The lowest BCUT2D eigenvalue weighted by Crippen LogP contribution is -2.54. The molecule has 6 nitrogen and oxygen atoms in total. The fourth-order valence-corrected chi connectivity index (χ4v) is 3.44. The van der Waals surface area contributed by atoms with Crippen molar-refractivity contribution in [2.24, 2.45) is 5.92 Å². The Morgan fingerprint density at radius 2 is 2.00 bits per heavy atom. The summed E-state index contributed by atoms with van der Waals surface area (Å²) in [6.07, 6.45) is 2.70. The smallest absolute Gasteiger partial charge is 0.254 e. The summed E-state index contributed by atoms with van der Waals surface area (Å²) in [4.78, 5) is 17.0. The first kappa shape index (κ1) is 16.4. The van der Waals surface area contributed by atoms with E-state index in [2.05, 4.69) is 16.5 Å². The van der Waals surface area contributed by atoms with Gasteiger partial charge in [0.1, 0.15) is 0 Å². The molecule has 1 saturated carbocycles. The molecule has 2 atom stereocenters. The van der Waals surface area contributed by atoms with E-state index in [1.54, 1.807) is 24.3 Å². The third-order valence-electron chi connectivity index (χ3n) is 4.52. The maximum absolute atomic E-state index is 12.7. The average molecular weight is 336 g/mol.